The maximum absolute atomic E-state index is 12.2. The summed E-state index contributed by atoms with van der Waals surface area (Å²) in [5.41, 5.74) is 1.03. The number of hydrogen-bond donors (Lipinski definition) is 0. The van der Waals surface area contributed by atoms with Gasteiger partial charge in [-0.1, -0.05) is 0 Å². The van der Waals surface area contributed by atoms with E-state index < -0.39 is 16.9 Å². The average Bonchev–Trinajstić information content (AvgIpc) is 3.08. The molecule has 0 amide bonds. The molecule has 0 aromatic heterocycles. The highest BCUT2D eigenvalue weighted by Gasteiger charge is 2.25. The van der Waals surface area contributed by atoms with Gasteiger partial charge >= 0.3 is 11.9 Å². The van der Waals surface area contributed by atoms with E-state index in [1.807, 2.05) is 0 Å². The third-order valence-electron chi connectivity index (χ3n) is 3.91. The molecule has 3 rings (SSSR count). The Kier molecular flexibility index (Phi) is 7.18. The molecule has 0 bridgehead atoms. The zero-order valence-corrected chi connectivity index (χ0v) is 19.1. The van der Waals surface area contributed by atoms with Gasteiger partial charge in [0.25, 0.3) is 5.69 Å². The van der Waals surface area contributed by atoms with E-state index in [9.17, 15) is 19.7 Å². The summed E-state index contributed by atoms with van der Waals surface area (Å²) < 4.78 is 16.6. The number of non-ortho nitro benzene ring substituents is 1. The van der Waals surface area contributed by atoms with Crippen molar-refractivity contribution in [3.63, 3.8) is 0 Å². The number of hydrogen-bond acceptors (Lipinski definition) is 8. The number of rotatable bonds is 7. The SMILES string of the molecule is CCOC(=O)COc1c(Br)cc(/C=C2\N=C(c3ccc([N+](=O)[O-])cc3)OC2=O)cc1Br. The summed E-state index contributed by atoms with van der Waals surface area (Å²) in [6.45, 7) is 1.71. The van der Waals surface area contributed by atoms with E-state index in [0.717, 1.165) is 0 Å². The lowest BCUT2D eigenvalue weighted by atomic mass is 10.2. The van der Waals surface area contributed by atoms with Gasteiger partial charge in [-0.25, -0.2) is 14.6 Å². The Morgan fingerprint density at radius 1 is 1.23 bits per heavy atom. The van der Waals surface area contributed by atoms with Gasteiger partial charge in [0.1, 0.15) is 5.75 Å². The van der Waals surface area contributed by atoms with E-state index in [4.69, 9.17) is 14.2 Å². The van der Waals surface area contributed by atoms with E-state index >= 15 is 0 Å². The summed E-state index contributed by atoms with van der Waals surface area (Å²) in [5, 5.41) is 10.8. The van der Waals surface area contributed by atoms with Gasteiger partial charge in [-0.15, -0.1) is 0 Å². The molecule has 0 aliphatic carbocycles. The summed E-state index contributed by atoms with van der Waals surface area (Å²) in [6.07, 6.45) is 1.52. The average molecular weight is 554 g/mol. The lowest BCUT2D eigenvalue weighted by Crippen LogP contribution is -2.15. The number of esters is 2. The number of carbonyl (C=O) groups is 2. The standard InChI is InChI=1S/C20H14Br2N2O7/c1-2-29-17(25)10-30-18-14(21)7-11(8-15(18)22)9-16-20(26)31-19(23-16)12-3-5-13(6-4-12)24(27)28/h3-9H,2,10H2,1H3/b16-9-. The summed E-state index contributed by atoms with van der Waals surface area (Å²) in [6, 6.07) is 8.88. The van der Waals surface area contributed by atoms with E-state index in [-0.39, 0.29) is 30.5 Å². The fraction of sp³-hybridized carbons (Fsp3) is 0.150. The normalized spacial score (nSPS) is 14.2. The van der Waals surface area contributed by atoms with Crippen molar-refractivity contribution in [3.8, 4) is 5.75 Å². The molecular formula is C20H14Br2N2O7. The molecular weight excluding hydrogens is 540 g/mol. The molecule has 2 aromatic rings. The zero-order chi connectivity index (χ0) is 22.5. The fourth-order valence-corrected chi connectivity index (χ4v) is 4.00. The predicted octanol–water partition coefficient (Wildman–Crippen LogP) is 4.41. The molecule has 0 fully saturated rings. The molecule has 0 saturated heterocycles. The van der Waals surface area contributed by atoms with E-state index in [1.54, 1.807) is 19.1 Å². The maximum Gasteiger partial charge on any atom is 0.363 e. The minimum atomic E-state index is -0.650. The van der Waals surface area contributed by atoms with Crippen molar-refractivity contribution in [3.05, 3.63) is 72.3 Å². The number of nitro benzene ring substituents is 1. The van der Waals surface area contributed by atoms with Crippen molar-refractivity contribution < 1.29 is 28.7 Å². The van der Waals surface area contributed by atoms with Crippen molar-refractivity contribution in [1.82, 2.24) is 0 Å². The first-order valence-electron chi connectivity index (χ1n) is 8.83. The van der Waals surface area contributed by atoms with Crippen molar-refractivity contribution in [2.45, 2.75) is 6.92 Å². The first-order chi connectivity index (χ1) is 14.8. The molecule has 0 N–H and O–H groups in total. The second-order valence-electron chi connectivity index (χ2n) is 6.05. The molecule has 0 saturated carbocycles. The molecule has 1 aliphatic rings. The first kappa shape index (κ1) is 22.6. The van der Waals surface area contributed by atoms with Crippen LogP contribution in [-0.2, 0) is 19.1 Å². The van der Waals surface area contributed by atoms with Crippen LogP contribution in [0.2, 0.25) is 0 Å². The zero-order valence-electron chi connectivity index (χ0n) is 16.0. The first-order valence-corrected chi connectivity index (χ1v) is 10.4. The molecule has 0 atom stereocenters. The summed E-state index contributed by atoms with van der Waals surface area (Å²) >= 11 is 6.75. The quantitative estimate of drug-likeness (QED) is 0.216. The predicted molar refractivity (Wildman–Crippen MR) is 118 cm³/mol. The highest BCUT2D eigenvalue weighted by atomic mass is 79.9. The van der Waals surface area contributed by atoms with Crippen LogP contribution in [-0.4, -0.2) is 36.0 Å². The number of aliphatic imine (C=N–C) groups is 1. The van der Waals surface area contributed by atoms with Crippen LogP contribution in [0.15, 0.2) is 56.0 Å². The van der Waals surface area contributed by atoms with Gasteiger partial charge in [0, 0.05) is 17.7 Å². The van der Waals surface area contributed by atoms with Gasteiger partial charge < -0.3 is 14.2 Å². The third-order valence-corrected chi connectivity index (χ3v) is 5.09. The molecule has 1 heterocycles. The number of halogens is 2. The second kappa shape index (κ2) is 9.84. The summed E-state index contributed by atoms with van der Waals surface area (Å²) in [5.74, 6) is -0.685. The molecule has 0 unspecified atom stereocenters. The topological polar surface area (TPSA) is 117 Å². The van der Waals surface area contributed by atoms with E-state index in [0.29, 0.717) is 25.8 Å². The Morgan fingerprint density at radius 3 is 2.45 bits per heavy atom. The van der Waals surface area contributed by atoms with Crippen LogP contribution in [0.3, 0.4) is 0 Å². The highest BCUT2D eigenvalue weighted by molar-refractivity contribution is 9.11. The van der Waals surface area contributed by atoms with Gasteiger partial charge in [-0.05, 0) is 74.7 Å². The minimum Gasteiger partial charge on any atom is -0.480 e. The number of benzene rings is 2. The van der Waals surface area contributed by atoms with Crippen LogP contribution in [0, 0.1) is 10.1 Å². The highest BCUT2D eigenvalue weighted by Crippen LogP contribution is 2.36. The van der Waals surface area contributed by atoms with Crippen LogP contribution in [0.5, 0.6) is 5.75 Å². The summed E-state index contributed by atoms with van der Waals surface area (Å²) in [7, 11) is 0. The minimum absolute atomic E-state index is 0.0543. The van der Waals surface area contributed by atoms with Gasteiger partial charge in [0.2, 0.25) is 5.90 Å². The van der Waals surface area contributed by atoms with Crippen LogP contribution >= 0.6 is 31.9 Å². The third kappa shape index (κ3) is 5.56. The number of nitrogens with zero attached hydrogens (tertiary/aromatic N) is 2. The largest absolute Gasteiger partial charge is 0.480 e. The molecule has 0 spiro atoms. The van der Waals surface area contributed by atoms with Crippen LogP contribution in [0.1, 0.15) is 18.1 Å². The van der Waals surface area contributed by atoms with Crippen molar-refractivity contribution in [1.29, 1.82) is 0 Å². The Hall–Kier alpha value is -3.05. The van der Waals surface area contributed by atoms with Crippen LogP contribution in [0.25, 0.3) is 6.08 Å². The molecule has 1 aliphatic heterocycles. The van der Waals surface area contributed by atoms with Gasteiger partial charge in [-0.3, -0.25) is 10.1 Å². The molecule has 0 radical (unpaired) electrons. The maximum atomic E-state index is 12.2. The number of cyclic esters (lactones) is 1. The molecule has 31 heavy (non-hydrogen) atoms. The smallest absolute Gasteiger partial charge is 0.363 e. The van der Waals surface area contributed by atoms with Crippen molar-refractivity contribution in [2.24, 2.45) is 4.99 Å². The molecule has 11 heteroatoms. The molecule has 9 nitrogen and oxygen atoms in total. The lowest BCUT2D eigenvalue weighted by Gasteiger charge is -2.10. The molecule has 160 valence electrons. The Bertz CT molecular complexity index is 1090. The summed E-state index contributed by atoms with van der Waals surface area (Å²) in [4.78, 5) is 38.1. The van der Waals surface area contributed by atoms with E-state index in [2.05, 4.69) is 36.9 Å². The van der Waals surface area contributed by atoms with Crippen molar-refractivity contribution >= 4 is 61.5 Å². The van der Waals surface area contributed by atoms with Crippen molar-refractivity contribution in [2.75, 3.05) is 13.2 Å². The van der Waals surface area contributed by atoms with Crippen LogP contribution in [0.4, 0.5) is 5.69 Å². The number of ether oxygens (including phenoxy) is 3. The Balaban J connectivity index is 1.81. The second-order valence-corrected chi connectivity index (χ2v) is 7.76. The monoisotopic (exact) mass is 552 g/mol. The number of carbonyl (C=O) groups excluding carboxylic acids is 2. The van der Waals surface area contributed by atoms with Gasteiger partial charge in [-0.2, -0.15) is 0 Å². The fourth-order valence-electron chi connectivity index (χ4n) is 2.55. The lowest BCUT2D eigenvalue weighted by molar-refractivity contribution is -0.384. The number of nitro groups is 1. The Labute approximate surface area is 193 Å². The Morgan fingerprint density at radius 2 is 1.87 bits per heavy atom. The van der Waals surface area contributed by atoms with Gasteiger partial charge in [0.05, 0.1) is 20.5 Å². The van der Waals surface area contributed by atoms with E-state index in [1.165, 1.54) is 30.3 Å². The van der Waals surface area contributed by atoms with Gasteiger partial charge in [0.15, 0.2) is 12.3 Å². The van der Waals surface area contributed by atoms with Crippen LogP contribution < -0.4 is 4.74 Å². The molecule has 2 aromatic carbocycles.